The van der Waals surface area contributed by atoms with Gasteiger partial charge >= 0.3 is 5.69 Å². The molecule has 4 rings (SSSR count). The fourth-order valence-corrected chi connectivity index (χ4v) is 5.04. The predicted molar refractivity (Wildman–Crippen MR) is 125 cm³/mol. The van der Waals surface area contributed by atoms with Crippen molar-refractivity contribution in [3.05, 3.63) is 85.8 Å². The Morgan fingerprint density at radius 1 is 1.22 bits per heavy atom. The van der Waals surface area contributed by atoms with E-state index in [1.54, 1.807) is 18.3 Å². The molecule has 0 bridgehead atoms. The molecule has 0 unspecified atom stereocenters. The molecule has 1 N–H and O–H groups in total. The van der Waals surface area contributed by atoms with Crippen LogP contribution in [0.1, 0.15) is 44.8 Å². The minimum atomic E-state index is -0.484. The lowest BCUT2D eigenvalue weighted by Gasteiger charge is -2.12. The molecule has 8 heteroatoms. The number of ether oxygens (including phenoxy) is 1. The van der Waals surface area contributed by atoms with Crippen LogP contribution in [0.3, 0.4) is 0 Å². The van der Waals surface area contributed by atoms with Crippen molar-refractivity contribution >= 4 is 34.1 Å². The van der Waals surface area contributed by atoms with Gasteiger partial charge in [-0.1, -0.05) is 30.3 Å². The van der Waals surface area contributed by atoms with E-state index in [2.05, 4.69) is 10.3 Å². The second-order valence-corrected chi connectivity index (χ2v) is 8.59. The third kappa shape index (κ3) is 4.70. The Kier molecular flexibility index (Phi) is 6.61. The number of nitrogens with zero attached hydrogens (tertiary/aromatic N) is 2. The SMILES string of the molecule is COc1ccc(C=Nc2sc3c(c2C(=O)NCc2ccccc2)CCCC3)cc1[N+](=O)[O-]. The van der Waals surface area contributed by atoms with Gasteiger partial charge in [-0.2, -0.15) is 0 Å². The molecule has 1 amide bonds. The van der Waals surface area contributed by atoms with Crippen LogP contribution in [0.25, 0.3) is 0 Å². The van der Waals surface area contributed by atoms with Crippen LogP contribution in [0.15, 0.2) is 53.5 Å². The number of amides is 1. The van der Waals surface area contributed by atoms with Gasteiger partial charge in [0, 0.05) is 23.7 Å². The monoisotopic (exact) mass is 449 g/mol. The highest BCUT2D eigenvalue weighted by atomic mass is 32.1. The molecule has 32 heavy (non-hydrogen) atoms. The van der Waals surface area contributed by atoms with Crippen molar-refractivity contribution in [1.82, 2.24) is 5.32 Å². The van der Waals surface area contributed by atoms with Crippen LogP contribution in [0.5, 0.6) is 5.75 Å². The van der Waals surface area contributed by atoms with Crippen molar-refractivity contribution < 1.29 is 14.5 Å². The van der Waals surface area contributed by atoms with Crippen LogP contribution in [0.4, 0.5) is 10.7 Å². The fraction of sp³-hybridized carbons (Fsp3) is 0.250. The smallest absolute Gasteiger partial charge is 0.311 e. The Bertz CT molecular complexity index is 1170. The average molecular weight is 450 g/mol. The minimum absolute atomic E-state index is 0.122. The lowest BCUT2D eigenvalue weighted by molar-refractivity contribution is -0.385. The maximum Gasteiger partial charge on any atom is 0.311 e. The molecule has 164 valence electrons. The molecular formula is C24H23N3O4S. The zero-order chi connectivity index (χ0) is 22.5. The molecule has 0 fully saturated rings. The second kappa shape index (κ2) is 9.74. The first-order valence-corrected chi connectivity index (χ1v) is 11.2. The van der Waals surface area contributed by atoms with Crippen molar-refractivity contribution in [2.45, 2.75) is 32.2 Å². The van der Waals surface area contributed by atoms with E-state index < -0.39 is 4.92 Å². The first-order chi connectivity index (χ1) is 15.6. The summed E-state index contributed by atoms with van der Waals surface area (Å²) in [6.45, 7) is 0.443. The van der Waals surface area contributed by atoms with Crippen LogP contribution >= 0.6 is 11.3 Å². The van der Waals surface area contributed by atoms with E-state index in [-0.39, 0.29) is 17.3 Å². The summed E-state index contributed by atoms with van der Waals surface area (Å²) in [6.07, 6.45) is 5.53. The van der Waals surface area contributed by atoms with E-state index >= 15 is 0 Å². The van der Waals surface area contributed by atoms with Gasteiger partial charge in [0.05, 0.1) is 17.6 Å². The van der Waals surface area contributed by atoms with E-state index in [1.807, 2.05) is 30.3 Å². The molecule has 0 saturated carbocycles. The fourth-order valence-electron chi connectivity index (χ4n) is 3.81. The van der Waals surface area contributed by atoms with E-state index in [9.17, 15) is 14.9 Å². The van der Waals surface area contributed by atoms with Crippen LogP contribution in [-0.4, -0.2) is 24.2 Å². The van der Waals surface area contributed by atoms with Crippen molar-refractivity contribution in [2.75, 3.05) is 7.11 Å². The molecule has 1 aliphatic rings. The molecule has 0 saturated heterocycles. The van der Waals surface area contributed by atoms with Gasteiger partial charge in [-0.3, -0.25) is 14.9 Å². The molecule has 0 atom stereocenters. The number of thiophene rings is 1. The van der Waals surface area contributed by atoms with E-state index in [0.29, 0.717) is 22.7 Å². The Hall–Kier alpha value is -3.52. The molecule has 0 aliphatic heterocycles. The topological polar surface area (TPSA) is 93.8 Å². The highest BCUT2D eigenvalue weighted by Gasteiger charge is 2.25. The second-order valence-electron chi connectivity index (χ2n) is 7.51. The number of hydrogen-bond acceptors (Lipinski definition) is 6. The van der Waals surface area contributed by atoms with Crippen molar-refractivity contribution in [3.8, 4) is 5.75 Å². The van der Waals surface area contributed by atoms with Gasteiger partial charge < -0.3 is 10.1 Å². The van der Waals surface area contributed by atoms with Crippen molar-refractivity contribution in [2.24, 2.45) is 4.99 Å². The Morgan fingerprint density at radius 3 is 2.75 bits per heavy atom. The van der Waals surface area contributed by atoms with Crippen LogP contribution in [0, 0.1) is 10.1 Å². The Morgan fingerprint density at radius 2 is 2.00 bits per heavy atom. The van der Waals surface area contributed by atoms with Gasteiger partial charge in [-0.25, -0.2) is 4.99 Å². The van der Waals surface area contributed by atoms with Gasteiger partial charge in [-0.05, 0) is 54.5 Å². The number of carbonyl (C=O) groups is 1. The first-order valence-electron chi connectivity index (χ1n) is 10.4. The Labute approximate surface area is 189 Å². The quantitative estimate of drug-likeness (QED) is 0.304. The summed E-state index contributed by atoms with van der Waals surface area (Å²) in [5.74, 6) is 0.0563. The van der Waals surface area contributed by atoms with Crippen LogP contribution in [-0.2, 0) is 19.4 Å². The van der Waals surface area contributed by atoms with Gasteiger partial charge in [0.2, 0.25) is 0 Å². The number of nitro groups is 1. The number of nitrogens with one attached hydrogen (secondary N) is 1. The third-order valence-electron chi connectivity index (χ3n) is 5.41. The lowest BCUT2D eigenvalue weighted by Crippen LogP contribution is -2.24. The molecule has 1 aromatic heterocycles. The largest absolute Gasteiger partial charge is 0.490 e. The molecule has 2 aromatic carbocycles. The summed E-state index contributed by atoms with van der Waals surface area (Å²) in [4.78, 5) is 29.7. The standard InChI is InChI=1S/C24H23N3O4S/c1-31-20-12-11-17(13-19(20)27(29)30)15-26-24-22(18-9-5-6-10-21(18)32-24)23(28)25-14-16-7-3-2-4-8-16/h2-4,7-8,11-13,15H,5-6,9-10,14H2,1H3,(H,25,28). The highest BCUT2D eigenvalue weighted by molar-refractivity contribution is 7.16. The molecule has 0 spiro atoms. The zero-order valence-corrected chi connectivity index (χ0v) is 18.5. The van der Waals surface area contributed by atoms with Gasteiger partial charge in [-0.15, -0.1) is 11.3 Å². The number of nitro benzene ring substituents is 1. The zero-order valence-electron chi connectivity index (χ0n) is 17.7. The number of fused-ring (bicyclic) bond motifs is 1. The predicted octanol–water partition coefficient (Wildman–Crippen LogP) is 5.22. The summed E-state index contributed by atoms with van der Waals surface area (Å²) in [7, 11) is 1.40. The van der Waals surface area contributed by atoms with Crippen LogP contribution < -0.4 is 10.1 Å². The first kappa shape index (κ1) is 21.7. The summed E-state index contributed by atoms with van der Waals surface area (Å²) < 4.78 is 5.06. The number of aryl methyl sites for hydroxylation is 1. The number of carbonyl (C=O) groups excluding carboxylic acids is 1. The molecule has 1 heterocycles. The summed E-state index contributed by atoms with van der Waals surface area (Å²) in [5, 5.41) is 15.0. The molecule has 3 aromatic rings. The molecular weight excluding hydrogens is 426 g/mol. The Balaban J connectivity index is 1.62. The number of benzene rings is 2. The third-order valence-corrected chi connectivity index (χ3v) is 6.61. The van der Waals surface area contributed by atoms with Crippen LogP contribution in [0.2, 0.25) is 0 Å². The highest BCUT2D eigenvalue weighted by Crippen LogP contribution is 2.40. The van der Waals surface area contributed by atoms with Crippen molar-refractivity contribution in [3.63, 3.8) is 0 Å². The van der Waals surface area contributed by atoms with Gasteiger partial charge in [0.15, 0.2) is 5.75 Å². The summed E-state index contributed by atoms with van der Waals surface area (Å²) in [6, 6.07) is 14.4. The molecule has 1 aliphatic carbocycles. The lowest BCUT2D eigenvalue weighted by atomic mass is 9.95. The number of aliphatic imine (C=N–C) groups is 1. The van der Waals surface area contributed by atoms with Gasteiger partial charge in [0.25, 0.3) is 5.91 Å². The summed E-state index contributed by atoms with van der Waals surface area (Å²) >= 11 is 1.53. The summed E-state index contributed by atoms with van der Waals surface area (Å²) in [5.41, 5.74) is 3.18. The van der Waals surface area contributed by atoms with E-state index in [0.717, 1.165) is 36.8 Å². The maximum atomic E-state index is 13.1. The van der Waals surface area contributed by atoms with E-state index in [4.69, 9.17) is 4.74 Å². The molecule has 0 radical (unpaired) electrons. The molecule has 7 nitrogen and oxygen atoms in total. The minimum Gasteiger partial charge on any atom is -0.490 e. The number of rotatable bonds is 7. The van der Waals surface area contributed by atoms with E-state index in [1.165, 1.54) is 29.4 Å². The maximum absolute atomic E-state index is 13.1. The number of methoxy groups -OCH3 is 1. The normalized spacial score (nSPS) is 13.0. The average Bonchev–Trinajstić information content (AvgIpc) is 3.20. The number of hydrogen-bond donors (Lipinski definition) is 1. The van der Waals surface area contributed by atoms with Gasteiger partial charge in [0.1, 0.15) is 5.00 Å². The van der Waals surface area contributed by atoms with Crippen molar-refractivity contribution in [1.29, 1.82) is 0 Å².